The molecule has 1 saturated heterocycles. The van der Waals surface area contributed by atoms with Crippen LogP contribution in [-0.2, 0) is 9.53 Å². The summed E-state index contributed by atoms with van der Waals surface area (Å²) < 4.78 is 5.81. The van der Waals surface area contributed by atoms with E-state index in [1.54, 1.807) is 0 Å². The van der Waals surface area contributed by atoms with Gasteiger partial charge in [-0.2, -0.15) is 0 Å². The zero-order chi connectivity index (χ0) is 13.9. The van der Waals surface area contributed by atoms with Crippen molar-refractivity contribution >= 4 is 11.7 Å². The highest BCUT2D eigenvalue weighted by Gasteiger charge is 2.30. The molecule has 3 rings (SSSR count). The van der Waals surface area contributed by atoms with Crippen molar-refractivity contribution in [3.8, 4) is 0 Å². The van der Waals surface area contributed by atoms with Crippen molar-refractivity contribution in [3.05, 3.63) is 29.8 Å². The Morgan fingerprint density at radius 2 is 2.15 bits per heavy atom. The molecule has 0 spiro atoms. The lowest BCUT2D eigenvalue weighted by Gasteiger charge is -2.37. The van der Waals surface area contributed by atoms with E-state index in [0.717, 1.165) is 43.8 Å². The molecule has 1 aromatic carbocycles. The molecule has 0 aliphatic carbocycles. The highest BCUT2D eigenvalue weighted by atomic mass is 16.5. The highest BCUT2D eigenvalue weighted by Crippen LogP contribution is 2.35. The molecule has 4 heteroatoms. The molecule has 1 aromatic rings. The SMILES string of the molecule is O=C(O)C1CCN(CC2CCCCO2)c2ccccc21. The van der Waals surface area contributed by atoms with Crippen molar-refractivity contribution in [3.63, 3.8) is 0 Å². The maximum absolute atomic E-state index is 11.4. The van der Waals surface area contributed by atoms with Gasteiger partial charge in [0.2, 0.25) is 0 Å². The van der Waals surface area contributed by atoms with Crippen LogP contribution in [0.5, 0.6) is 0 Å². The minimum atomic E-state index is -0.717. The van der Waals surface area contributed by atoms with E-state index >= 15 is 0 Å². The fraction of sp³-hybridized carbons (Fsp3) is 0.562. The number of hydrogen-bond acceptors (Lipinski definition) is 3. The Hall–Kier alpha value is -1.55. The first kappa shape index (κ1) is 13.4. The Morgan fingerprint density at radius 3 is 2.90 bits per heavy atom. The van der Waals surface area contributed by atoms with Gasteiger partial charge in [0.15, 0.2) is 0 Å². The lowest BCUT2D eigenvalue weighted by molar-refractivity contribution is -0.139. The number of benzene rings is 1. The van der Waals surface area contributed by atoms with E-state index in [0.29, 0.717) is 6.42 Å². The predicted molar refractivity (Wildman–Crippen MR) is 77.2 cm³/mol. The average molecular weight is 275 g/mol. The molecular formula is C16H21NO3. The van der Waals surface area contributed by atoms with Crippen LogP contribution in [0.1, 0.15) is 37.2 Å². The second kappa shape index (κ2) is 5.83. The summed E-state index contributed by atoms with van der Waals surface area (Å²) in [4.78, 5) is 13.7. The number of carbonyl (C=O) groups is 1. The molecule has 20 heavy (non-hydrogen) atoms. The molecule has 108 valence electrons. The number of rotatable bonds is 3. The van der Waals surface area contributed by atoms with E-state index in [9.17, 15) is 9.90 Å². The summed E-state index contributed by atoms with van der Waals surface area (Å²) in [6.07, 6.45) is 4.48. The smallest absolute Gasteiger partial charge is 0.311 e. The first-order valence-corrected chi connectivity index (χ1v) is 7.44. The summed E-state index contributed by atoms with van der Waals surface area (Å²) in [5, 5.41) is 9.35. The van der Waals surface area contributed by atoms with Crippen LogP contribution in [0.2, 0.25) is 0 Å². The molecule has 2 aliphatic heterocycles. The largest absolute Gasteiger partial charge is 0.481 e. The van der Waals surface area contributed by atoms with Gasteiger partial charge in [-0.3, -0.25) is 4.79 Å². The van der Waals surface area contributed by atoms with Crippen LogP contribution in [0.25, 0.3) is 0 Å². The van der Waals surface area contributed by atoms with E-state index in [4.69, 9.17) is 4.74 Å². The molecule has 2 aliphatic rings. The number of ether oxygens (including phenoxy) is 1. The second-order valence-electron chi connectivity index (χ2n) is 5.67. The summed E-state index contributed by atoms with van der Waals surface area (Å²) in [6.45, 7) is 2.54. The van der Waals surface area contributed by atoms with E-state index in [2.05, 4.69) is 4.90 Å². The average Bonchev–Trinajstić information content (AvgIpc) is 2.48. The van der Waals surface area contributed by atoms with Crippen LogP contribution >= 0.6 is 0 Å². The van der Waals surface area contributed by atoms with Crippen molar-refractivity contribution in [2.75, 3.05) is 24.6 Å². The van der Waals surface area contributed by atoms with Crippen molar-refractivity contribution in [1.29, 1.82) is 0 Å². The third-order valence-electron chi connectivity index (χ3n) is 4.34. The number of fused-ring (bicyclic) bond motifs is 1. The Balaban J connectivity index is 1.79. The van der Waals surface area contributed by atoms with E-state index in [1.165, 1.54) is 6.42 Å². The highest BCUT2D eigenvalue weighted by molar-refractivity contribution is 5.80. The normalized spacial score (nSPS) is 26.1. The molecule has 0 amide bonds. The van der Waals surface area contributed by atoms with E-state index in [1.807, 2.05) is 24.3 Å². The fourth-order valence-corrected chi connectivity index (χ4v) is 3.27. The van der Waals surface area contributed by atoms with Gasteiger partial charge in [0.1, 0.15) is 0 Å². The summed E-state index contributed by atoms with van der Waals surface area (Å²) in [5.74, 6) is -1.08. The monoisotopic (exact) mass is 275 g/mol. The van der Waals surface area contributed by atoms with Crippen LogP contribution in [-0.4, -0.2) is 36.9 Å². The maximum Gasteiger partial charge on any atom is 0.311 e. The molecule has 2 unspecified atom stereocenters. The Morgan fingerprint density at radius 1 is 1.30 bits per heavy atom. The van der Waals surface area contributed by atoms with Gasteiger partial charge in [0, 0.05) is 25.4 Å². The van der Waals surface area contributed by atoms with Crippen LogP contribution in [0.3, 0.4) is 0 Å². The van der Waals surface area contributed by atoms with Crippen LogP contribution in [0, 0.1) is 0 Å². The third-order valence-corrected chi connectivity index (χ3v) is 4.34. The van der Waals surface area contributed by atoms with Gasteiger partial charge < -0.3 is 14.7 Å². The number of nitrogens with zero attached hydrogens (tertiary/aromatic N) is 1. The number of carboxylic acids is 1. The minimum Gasteiger partial charge on any atom is -0.481 e. The molecule has 2 atom stereocenters. The molecule has 2 heterocycles. The Labute approximate surface area is 119 Å². The zero-order valence-corrected chi connectivity index (χ0v) is 11.6. The first-order chi connectivity index (χ1) is 9.75. The van der Waals surface area contributed by atoms with Gasteiger partial charge in [-0.1, -0.05) is 18.2 Å². The Bertz CT molecular complexity index is 482. The molecule has 0 aromatic heterocycles. The quantitative estimate of drug-likeness (QED) is 0.921. The molecule has 4 nitrogen and oxygen atoms in total. The summed E-state index contributed by atoms with van der Waals surface area (Å²) in [6, 6.07) is 7.89. The standard InChI is InChI=1S/C16H21NO3/c18-16(19)14-8-9-17(11-12-5-3-4-10-20-12)15-7-2-1-6-13(14)15/h1-2,6-7,12,14H,3-5,8-11H2,(H,18,19). The van der Waals surface area contributed by atoms with Crippen molar-refractivity contribution in [2.45, 2.75) is 37.7 Å². The summed E-state index contributed by atoms with van der Waals surface area (Å²) >= 11 is 0. The van der Waals surface area contributed by atoms with Crippen molar-refractivity contribution in [2.24, 2.45) is 0 Å². The van der Waals surface area contributed by atoms with Gasteiger partial charge in [-0.15, -0.1) is 0 Å². The Kier molecular flexibility index (Phi) is 3.92. The topological polar surface area (TPSA) is 49.8 Å². The maximum atomic E-state index is 11.4. The van der Waals surface area contributed by atoms with Crippen LogP contribution in [0.4, 0.5) is 5.69 Å². The van der Waals surface area contributed by atoms with Gasteiger partial charge >= 0.3 is 5.97 Å². The van der Waals surface area contributed by atoms with Crippen LogP contribution < -0.4 is 4.90 Å². The summed E-state index contributed by atoms with van der Waals surface area (Å²) in [5.41, 5.74) is 2.02. The molecule has 0 saturated carbocycles. The molecular weight excluding hydrogens is 254 g/mol. The fourth-order valence-electron chi connectivity index (χ4n) is 3.27. The lowest BCUT2D eigenvalue weighted by Crippen LogP contribution is -2.40. The van der Waals surface area contributed by atoms with Gasteiger partial charge in [-0.25, -0.2) is 0 Å². The molecule has 0 radical (unpaired) electrons. The number of hydrogen-bond donors (Lipinski definition) is 1. The van der Waals surface area contributed by atoms with E-state index < -0.39 is 5.97 Å². The number of anilines is 1. The molecule has 1 N–H and O–H groups in total. The molecule has 1 fully saturated rings. The van der Waals surface area contributed by atoms with Crippen molar-refractivity contribution < 1.29 is 14.6 Å². The van der Waals surface area contributed by atoms with E-state index in [-0.39, 0.29) is 12.0 Å². The number of aliphatic carboxylic acids is 1. The van der Waals surface area contributed by atoms with Gasteiger partial charge in [0.25, 0.3) is 0 Å². The number of para-hydroxylation sites is 1. The number of carboxylic acid groups (broad SMARTS) is 1. The summed E-state index contributed by atoms with van der Waals surface area (Å²) in [7, 11) is 0. The van der Waals surface area contributed by atoms with Gasteiger partial charge in [0.05, 0.1) is 12.0 Å². The predicted octanol–water partition coefficient (Wildman–Crippen LogP) is 2.63. The second-order valence-corrected chi connectivity index (χ2v) is 5.67. The third kappa shape index (κ3) is 2.66. The van der Waals surface area contributed by atoms with Crippen molar-refractivity contribution in [1.82, 2.24) is 0 Å². The minimum absolute atomic E-state index is 0.290. The zero-order valence-electron chi connectivity index (χ0n) is 11.6. The molecule has 0 bridgehead atoms. The lowest BCUT2D eigenvalue weighted by atomic mass is 9.89. The van der Waals surface area contributed by atoms with Gasteiger partial charge in [-0.05, 0) is 37.3 Å². The first-order valence-electron chi connectivity index (χ1n) is 7.44. The van der Waals surface area contributed by atoms with Crippen LogP contribution in [0.15, 0.2) is 24.3 Å².